The highest BCUT2D eigenvalue weighted by atomic mass is 79.9. The molecule has 0 spiro atoms. The van der Waals surface area contributed by atoms with Crippen LogP contribution in [0.4, 0.5) is 0 Å². The third kappa shape index (κ3) is 3.80. The van der Waals surface area contributed by atoms with Gasteiger partial charge in [0.05, 0.1) is 11.6 Å². The van der Waals surface area contributed by atoms with Crippen LogP contribution in [0.15, 0.2) is 22.2 Å². The van der Waals surface area contributed by atoms with Crippen molar-refractivity contribution >= 4 is 27.9 Å². The van der Waals surface area contributed by atoms with Crippen molar-refractivity contribution in [2.24, 2.45) is 0 Å². The molecule has 0 radical (unpaired) electrons. The highest BCUT2D eigenvalue weighted by molar-refractivity contribution is 9.10. The first-order valence-electron chi connectivity index (χ1n) is 7.04. The lowest BCUT2D eigenvalue weighted by Crippen LogP contribution is -2.33. The van der Waals surface area contributed by atoms with E-state index in [0.717, 1.165) is 25.7 Å². The quantitative estimate of drug-likeness (QED) is 0.635. The fourth-order valence-corrected chi connectivity index (χ4v) is 2.94. The Morgan fingerprint density at radius 3 is 2.77 bits per heavy atom. The van der Waals surface area contributed by atoms with Gasteiger partial charge in [0.25, 0.3) is 5.91 Å². The van der Waals surface area contributed by atoms with Crippen molar-refractivity contribution in [1.29, 1.82) is 5.26 Å². The lowest BCUT2D eigenvalue weighted by atomic mass is 10.1. The van der Waals surface area contributed by atoms with Gasteiger partial charge in [-0.25, -0.2) is 0 Å². The monoisotopic (exact) mass is 364 g/mol. The molecule has 0 saturated heterocycles. The number of phenols is 1. The molecule has 0 unspecified atom stereocenters. The van der Waals surface area contributed by atoms with E-state index < -0.39 is 0 Å². The average molecular weight is 365 g/mol. The second-order valence-electron chi connectivity index (χ2n) is 5.18. The first-order valence-corrected chi connectivity index (χ1v) is 7.83. The standard InChI is InChI=1S/C16H17BrN2O3/c1-22-14-8-10(7-13(17)15(14)20)6-11(9-18)16(21)19-12-4-2-3-5-12/h6-8,12,20H,2-5H2,1H3,(H,19,21)/b11-6-. The molecule has 1 amide bonds. The van der Waals surface area contributed by atoms with Gasteiger partial charge in [0.1, 0.15) is 11.6 Å². The molecule has 22 heavy (non-hydrogen) atoms. The van der Waals surface area contributed by atoms with Gasteiger partial charge >= 0.3 is 0 Å². The van der Waals surface area contributed by atoms with E-state index in [4.69, 9.17) is 4.74 Å². The van der Waals surface area contributed by atoms with E-state index in [1.807, 2.05) is 6.07 Å². The largest absolute Gasteiger partial charge is 0.503 e. The van der Waals surface area contributed by atoms with Crippen LogP contribution in [0.5, 0.6) is 11.5 Å². The Hall–Kier alpha value is -2.00. The van der Waals surface area contributed by atoms with Crippen molar-refractivity contribution in [3.05, 3.63) is 27.7 Å². The van der Waals surface area contributed by atoms with E-state index in [1.165, 1.54) is 13.2 Å². The molecule has 1 saturated carbocycles. The van der Waals surface area contributed by atoms with Gasteiger partial charge in [-0.3, -0.25) is 4.79 Å². The number of halogens is 1. The summed E-state index contributed by atoms with van der Waals surface area (Å²) in [5.74, 6) is -0.111. The zero-order chi connectivity index (χ0) is 16.1. The maximum atomic E-state index is 12.1. The second kappa shape index (κ2) is 7.32. The van der Waals surface area contributed by atoms with Crippen molar-refractivity contribution in [1.82, 2.24) is 5.32 Å². The third-order valence-corrected chi connectivity index (χ3v) is 4.24. The van der Waals surface area contributed by atoms with E-state index in [-0.39, 0.29) is 29.0 Å². The maximum Gasteiger partial charge on any atom is 0.262 e. The summed E-state index contributed by atoms with van der Waals surface area (Å²) in [4.78, 5) is 12.1. The lowest BCUT2D eigenvalue weighted by Gasteiger charge is -2.11. The summed E-state index contributed by atoms with van der Waals surface area (Å²) in [6.07, 6.45) is 5.63. The van der Waals surface area contributed by atoms with Crippen LogP contribution < -0.4 is 10.1 Å². The van der Waals surface area contributed by atoms with Crippen LogP contribution in [-0.2, 0) is 4.79 Å². The van der Waals surface area contributed by atoms with Crippen LogP contribution >= 0.6 is 15.9 Å². The summed E-state index contributed by atoms with van der Waals surface area (Å²) in [5.41, 5.74) is 0.631. The van der Waals surface area contributed by atoms with Gasteiger partial charge in [-0.15, -0.1) is 0 Å². The molecule has 2 N–H and O–H groups in total. The van der Waals surface area contributed by atoms with Crippen LogP contribution in [0.1, 0.15) is 31.2 Å². The van der Waals surface area contributed by atoms with Gasteiger partial charge in [-0.2, -0.15) is 5.26 Å². The number of rotatable bonds is 4. The van der Waals surface area contributed by atoms with Gasteiger partial charge in [-0.05, 0) is 52.5 Å². The minimum Gasteiger partial charge on any atom is -0.503 e. The molecule has 1 fully saturated rings. The molecule has 0 aliphatic heterocycles. The number of carbonyl (C=O) groups is 1. The van der Waals surface area contributed by atoms with Crippen molar-refractivity contribution in [3.63, 3.8) is 0 Å². The van der Waals surface area contributed by atoms with E-state index in [9.17, 15) is 15.2 Å². The Bertz CT molecular complexity index is 644. The van der Waals surface area contributed by atoms with Crippen molar-refractivity contribution in [3.8, 4) is 17.6 Å². The fourth-order valence-electron chi connectivity index (χ4n) is 2.48. The smallest absolute Gasteiger partial charge is 0.262 e. The van der Waals surface area contributed by atoms with Crippen LogP contribution in [-0.4, -0.2) is 24.2 Å². The summed E-state index contributed by atoms with van der Waals surface area (Å²) in [6.45, 7) is 0. The predicted octanol–water partition coefficient (Wildman–Crippen LogP) is 3.13. The van der Waals surface area contributed by atoms with E-state index in [2.05, 4.69) is 21.2 Å². The topological polar surface area (TPSA) is 82.3 Å². The molecule has 0 heterocycles. The molecule has 6 heteroatoms. The highest BCUT2D eigenvalue weighted by Crippen LogP contribution is 2.35. The van der Waals surface area contributed by atoms with E-state index >= 15 is 0 Å². The number of amides is 1. The first kappa shape index (κ1) is 16.4. The fraction of sp³-hybridized carbons (Fsp3) is 0.375. The Kier molecular flexibility index (Phi) is 5.45. The van der Waals surface area contributed by atoms with Crippen molar-refractivity contribution in [2.75, 3.05) is 7.11 Å². The summed E-state index contributed by atoms with van der Waals surface area (Å²) < 4.78 is 5.49. The lowest BCUT2D eigenvalue weighted by molar-refractivity contribution is -0.117. The van der Waals surface area contributed by atoms with Gasteiger partial charge in [0.15, 0.2) is 11.5 Å². The number of aromatic hydroxyl groups is 1. The number of ether oxygens (including phenoxy) is 1. The van der Waals surface area contributed by atoms with E-state index in [0.29, 0.717) is 10.0 Å². The van der Waals surface area contributed by atoms with E-state index in [1.54, 1.807) is 12.1 Å². The molecule has 1 aliphatic carbocycles. The Balaban J connectivity index is 2.23. The Morgan fingerprint density at radius 1 is 1.50 bits per heavy atom. The number of hydrogen-bond donors (Lipinski definition) is 2. The van der Waals surface area contributed by atoms with Crippen LogP contribution in [0.2, 0.25) is 0 Å². The second-order valence-corrected chi connectivity index (χ2v) is 6.03. The number of carbonyl (C=O) groups excluding carboxylic acids is 1. The Morgan fingerprint density at radius 2 is 2.18 bits per heavy atom. The molecule has 0 bridgehead atoms. The average Bonchev–Trinajstić information content (AvgIpc) is 3.00. The maximum absolute atomic E-state index is 12.1. The van der Waals surface area contributed by atoms with Crippen LogP contribution in [0.3, 0.4) is 0 Å². The summed E-state index contributed by atoms with van der Waals surface area (Å²) in [6, 6.07) is 5.28. The van der Waals surface area contributed by atoms with Crippen LogP contribution in [0.25, 0.3) is 6.08 Å². The molecule has 5 nitrogen and oxygen atoms in total. The molecule has 116 valence electrons. The number of phenolic OH excluding ortho intramolecular Hbond substituents is 1. The molecule has 1 aliphatic rings. The molecule has 0 atom stereocenters. The number of methoxy groups -OCH3 is 1. The van der Waals surface area contributed by atoms with Gasteiger partial charge in [0.2, 0.25) is 0 Å². The molecule has 0 aromatic heterocycles. The molecule has 1 aromatic rings. The molecular formula is C16H17BrN2O3. The minimum absolute atomic E-state index is 0.0198. The molecule has 1 aromatic carbocycles. The number of benzene rings is 1. The highest BCUT2D eigenvalue weighted by Gasteiger charge is 2.19. The zero-order valence-electron chi connectivity index (χ0n) is 12.2. The van der Waals surface area contributed by atoms with Gasteiger partial charge in [0, 0.05) is 6.04 Å². The van der Waals surface area contributed by atoms with Crippen molar-refractivity contribution < 1.29 is 14.6 Å². The van der Waals surface area contributed by atoms with Crippen LogP contribution in [0, 0.1) is 11.3 Å². The zero-order valence-corrected chi connectivity index (χ0v) is 13.8. The summed E-state index contributed by atoms with van der Waals surface area (Å²) in [7, 11) is 1.44. The Labute approximate surface area is 137 Å². The number of hydrogen-bond acceptors (Lipinski definition) is 4. The summed E-state index contributed by atoms with van der Waals surface area (Å²) in [5, 5.41) is 21.9. The molecular weight excluding hydrogens is 348 g/mol. The number of nitriles is 1. The number of nitrogens with one attached hydrogen (secondary N) is 1. The normalized spacial score (nSPS) is 15.4. The predicted molar refractivity (Wildman–Crippen MR) is 86.3 cm³/mol. The van der Waals surface area contributed by atoms with Gasteiger partial charge in [-0.1, -0.05) is 12.8 Å². The minimum atomic E-state index is -0.363. The van der Waals surface area contributed by atoms with Gasteiger partial charge < -0.3 is 15.2 Å². The third-order valence-electron chi connectivity index (χ3n) is 3.64. The summed E-state index contributed by atoms with van der Waals surface area (Å²) >= 11 is 3.21. The SMILES string of the molecule is COc1cc(/C=C(/C#N)C(=O)NC2CCCC2)cc(Br)c1O. The molecule has 2 rings (SSSR count). The first-order chi connectivity index (χ1) is 10.5. The number of nitrogens with zero attached hydrogens (tertiary/aromatic N) is 1. The van der Waals surface area contributed by atoms with Crippen molar-refractivity contribution in [2.45, 2.75) is 31.7 Å².